The summed E-state index contributed by atoms with van der Waals surface area (Å²) in [4.78, 5) is 0. The average molecular weight is 211 g/mol. The van der Waals surface area contributed by atoms with E-state index in [2.05, 4.69) is 5.32 Å². The Morgan fingerprint density at radius 2 is 2.13 bits per heavy atom. The van der Waals surface area contributed by atoms with Crippen molar-refractivity contribution in [3.8, 4) is 5.75 Å². The van der Waals surface area contributed by atoms with Gasteiger partial charge in [0.05, 0.1) is 7.11 Å². The maximum atomic E-state index is 14.3. The second-order valence-corrected chi connectivity index (χ2v) is 3.88. The monoisotopic (exact) mass is 211 g/mol. The van der Waals surface area contributed by atoms with Gasteiger partial charge in [0.1, 0.15) is 11.4 Å². The van der Waals surface area contributed by atoms with Gasteiger partial charge in [-0.25, -0.2) is 4.39 Å². The SMILES string of the molecule is CNCC(C)(F)c1cccc(C)c1OC. The molecule has 0 saturated carbocycles. The van der Waals surface area contributed by atoms with Gasteiger partial charge >= 0.3 is 0 Å². The molecule has 0 heterocycles. The summed E-state index contributed by atoms with van der Waals surface area (Å²) in [7, 11) is 3.31. The predicted molar refractivity (Wildman–Crippen MR) is 60.1 cm³/mol. The summed E-state index contributed by atoms with van der Waals surface area (Å²) in [5, 5.41) is 2.85. The molecule has 0 aliphatic carbocycles. The van der Waals surface area contributed by atoms with Crippen molar-refractivity contribution in [2.75, 3.05) is 20.7 Å². The molecular weight excluding hydrogens is 193 g/mol. The van der Waals surface area contributed by atoms with Crippen molar-refractivity contribution in [1.82, 2.24) is 5.32 Å². The average Bonchev–Trinajstić information content (AvgIpc) is 2.17. The van der Waals surface area contributed by atoms with Crippen LogP contribution < -0.4 is 10.1 Å². The maximum Gasteiger partial charge on any atom is 0.149 e. The highest BCUT2D eigenvalue weighted by Crippen LogP contribution is 2.34. The summed E-state index contributed by atoms with van der Waals surface area (Å²) in [5.74, 6) is 0.637. The second-order valence-electron chi connectivity index (χ2n) is 3.88. The van der Waals surface area contributed by atoms with Gasteiger partial charge in [0.15, 0.2) is 0 Å². The highest BCUT2D eigenvalue weighted by atomic mass is 19.1. The van der Waals surface area contributed by atoms with Crippen LogP contribution in [0.5, 0.6) is 5.75 Å². The van der Waals surface area contributed by atoms with Gasteiger partial charge in [0, 0.05) is 12.1 Å². The molecule has 0 spiro atoms. The lowest BCUT2D eigenvalue weighted by Crippen LogP contribution is -2.29. The molecular formula is C12H18FNO. The van der Waals surface area contributed by atoms with Gasteiger partial charge in [-0.3, -0.25) is 0 Å². The Hall–Kier alpha value is -1.09. The summed E-state index contributed by atoms with van der Waals surface area (Å²) in [6.45, 7) is 3.74. The lowest BCUT2D eigenvalue weighted by atomic mass is 9.95. The first-order valence-corrected chi connectivity index (χ1v) is 5.00. The number of likely N-dealkylation sites (N-methyl/N-ethyl adjacent to an activating group) is 1. The Bertz CT molecular complexity index is 336. The number of rotatable bonds is 4. The second kappa shape index (κ2) is 4.62. The van der Waals surface area contributed by atoms with Crippen molar-refractivity contribution in [3.63, 3.8) is 0 Å². The molecule has 0 aliphatic heterocycles. The van der Waals surface area contributed by atoms with Gasteiger partial charge in [0.2, 0.25) is 0 Å². The molecule has 0 radical (unpaired) electrons. The minimum absolute atomic E-state index is 0.271. The summed E-state index contributed by atoms with van der Waals surface area (Å²) >= 11 is 0. The maximum absolute atomic E-state index is 14.3. The van der Waals surface area contributed by atoms with Crippen LogP contribution in [0, 0.1) is 6.92 Å². The molecule has 0 saturated heterocycles. The van der Waals surface area contributed by atoms with Gasteiger partial charge in [-0.05, 0) is 26.5 Å². The van der Waals surface area contributed by atoms with Crippen molar-refractivity contribution >= 4 is 0 Å². The van der Waals surface area contributed by atoms with Gasteiger partial charge in [-0.2, -0.15) is 0 Å². The molecule has 84 valence electrons. The van der Waals surface area contributed by atoms with E-state index in [1.54, 1.807) is 27.1 Å². The fourth-order valence-electron chi connectivity index (χ4n) is 1.76. The van der Waals surface area contributed by atoms with Crippen molar-refractivity contribution in [1.29, 1.82) is 0 Å². The molecule has 15 heavy (non-hydrogen) atoms. The highest BCUT2D eigenvalue weighted by Gasteiger charge is 2.28. The number of benzene rings is 1. The first-order chi connectivity index (χ1) is 7.03. The van der Waals surface area contributed by atoms with E-state index in [0.717, 1.165) is 5.56 Å². The van der Waals surface area contributed by atoms with Crippen LogP contribution in [0.4, 0.5) is 4.39 Å². The fraction of sp³-hybridized carbons (Fsp3) is 0.500. The fourth-order valence-corrected chi connectivity index (χ4v) is 1.76. The third kappa shape index (κ3) is 2.48. The van der Waals surface area contributed by atoms with E-state index in [4.69, 9.17) is 4.74 Å². The molecule has 0 bridgehead atoms. The smallest absolute Gasteiger partial charge is 0.149 e. The number of halogens is 1. The number of aryl methyl sites for hydroxylation is 1. The Kier molecular flexibility index (Phi) is 3.69. The van der Waals surface area contributed by atoms with E-state index in [0.29, 0.717) is 11.3 Å². The number of ether oxygens (including phenoxy) is 1. The number of alkyl halides is 1. The summed E-state index contributed by atoms with van der Waals surface area (Å²) in [5.41, 5.74) is 0.140. The summed E-state index contributed by atoms with van der Waals surface area (Å²) < 4.78 is 19.5. The molecule has 0 amide bonds. The Morgan fingerprint density at radius 1 is 1.47 bits per heavy atom. The van der Waals surface area contributed by atoms with Crippen LogP contribution >= 0.6 is 0 Å². The third-order valence-corrected chi connectivity index (χ3v) is 2.49. The minimum Gasteiger partial charge on any atom is -0.496 e. The van der Waals surface area contributed by atoms with E-state index in [9.17, 15) is 4.39 Å². The van der Waals surface area contributed by atoms with Crippen molar-refractivity contribution in [2.24, 2.45) is 0 Å². The molecule has 2 nitrogen and oxygen atoms in total. The number of methoxy groups -OCH3 is 1. The molecule has 1 N–H and O–H groups in total. The Balaban J connectivity index is 3.18. The zero-order chi connectivity index (χ0) is 11.5. The third-order valence-electron chi connectivity index (χ3n) is 2.49. The van der Waals surface area contributed by atoms with Gasteiger partial charge in [-0.15, -0.1) is 0 Å². The molecule has 0 fully saturated rings. The molecule has 1 unspecified atom stereocenters. The number of hydrogen-bond acceptors (Lipinski definition) is 2. The van der Waals surface area contributed by atoms with Crippen LogP contribution in [-0.2, 0) is 5.67 Å². The Morgan fingerprint density at radius 3 is 2.67 bits per heavy atom. The normalized spacial score (nSPS) is 14.7. The van der Waals surface area contributed by atoms with E-state index in [1.165, 1.54) is 0 Å². The molecule has 1 rings (SSSR count). The van der Waals surface area contributed by atoms with Crippen LogP contribution in [-0.4, -0.2) is 20.7 Å². The topological polar surface area (TPSA) is 21.3 Å². The van der Waals surface area contributed by atoms with Crippen LogP contribution in [0.2, 0.25) is 0 Å². The van der Waals surface area contributed by atoms with Gasteiger partial charge in [-0.1, -0.05) is 18.2 Å². The number of nitrogens with one attached hydrogen (secondary N) is 1. The number of hydrogen-bond donors (Lipinski definition) is 1. The zero-order valence-corrected chi connectivity index (χ0v) is 9.73. The van der Waals surface area contributed by atoms with Crippen LogP contribution in [0.15, 0.2) is 18.2 Å². The van der Waals surface area contributed by atoms with Crippen LogP contribution in [0.25, 0.3) is 0 Å². The van der Waals surface area contributed by atoms with Crippen molar-refractivity contribution in [3.05, 3.63) is 29.3 Å². The van der Waals surface area contributed by atoms with Crippen molar-refractivity contribution < 1.29 is 9.13 Å². The summed E-state index contributed by atoms with van der Waals surface area (Å²) in [6.07, 6.45) is 0. The lowest BCUT2D eigenvalue weighted by molar-refractivity contribution is 0.184. The van der Waals surface area contributed by atoms with Crippen molar-refractivity contribution in [2.45, 2.75) is 19.5 Å². The molecule has 0 aliphatic rings. The lowest BCUT2D eigenvalue weighted by Gasteiger charge is -2.23. The zero-order valence-electron chi connectivity index (χ0n) is 9.73. The van der Waals surface area contributed by atoms with E-state index in [-0.39, 0.29) is 6.54 Å². The van der Waals surface area contributed by atoms with Crippen LogP contribution in [0.1, 0.15) is 18.1 Å². The highest BCUT2D eigenvalue weighted by molar-refractivity contribution is 5.44. The molecule has 1 atom stereocenters. The molecule has 3 heteroatoms. The van der Waals surface area contributed by atoms with Gasteiger partial charge < -0.3 is 10.1 Å². The molecule has 1 aromatic rings. The first-order valence-electron chi connectivity index (χ1n) is 5.00. The Labute approximate surface area is 90.4 Å². The quantitative estimate of drug-likeness (QED) is 0.825. The van der Waals surface area contributed by atoms with E-state index >= 15 is 0 Å². The largest absolute Gasteiger partial charge is 0.496 e. The van der Waals surface area contributed by atoms with Crippen LogP contribution in [0.3, 0.4) is 0 Å². The van der Waals surface area contributed by atoms with Gasteiger partial charge in [0.25, 0.3) is 0 Å². The molecule has 0 aromatic heterocycles. The van der Waals surface area contributed by atoms with E-state index in [1.807, 2.05) is 19.1 Å². The number of para-hydroxylation sites is 1. The summed E-state index contributed by atoms with van der Waals surface area (Å²) in [6, 6.07) is 5.53. The molecule has 1 aromatic carbocycles. The minimum atomic E-state index is -1.41. The first kappa shape index (κ1) is 12.0. The van der Waals surface area contributed by atoms with E-state index < -0.39 is 5.67 Å². The predicted octanol–water partition coefficient (Wildman–Crippen LogP) is 2.41. The standard InChI is InChI=1S/C12H18FNO/c1-9-6-5-7-10(11(9)15-4)12(2,13)8-14-3/h5-7,14H,8H2,1-4H3.